The minimum absolute atomic E-state index is 0.0798. The number of allylic oxidation sites excluding steroid dienone is 1. The fourth-order valence-corrected chi connectivity index (χ4v) is 1.55. The van der Waals surface area contributed by atoms with Crippen molar-refractivity contribution in [2.75, 3.05) is 0 Å². The van der Waals surface area contributed by atoms with Gasteiger partial charge in [0.05, 0.1) is 5.01 Å². The summed E-state index contributed by atoms with van der Waals surface area (Å²) < 4.78 is 0. The Morgan fingerprint density at radius 2 is 2.38 bits per heavy atom. The molecule has 0 aliphatic carbocycles. The van der Waals surface area contributed by atoms with Crippen LogP contribution in [0.2, 0.25) is 0 Å². The second-order valence-corrected chi connectivity index (χ2v) is 4.02. The van der Waals surface area contributed by atoms with Crippen molar-refractivity contribution in [3.05, 3.63) is 28.2 Å². The van der Waals surface area contributed by atoms with Gasteiger partial charge in [-0.25, -0.2) is 4.98 Å². The first kappa shape index (κ1) is 10.1. The highest BCUT2D eigenvalue weighted by molar-refractivity contribution is 7.09. The smallest absolute Gasteiger partial charge is 0.186 e. The second kappa shape index (κ2) is 4.33. The summed E-state index contributed by atoms with van der Waals surface area (Å²) in [4.78, 5) is 15.6. The number of hydrogen-bond acceptors (Lipinski definition) is 3. The molecule has 0 unspecified atom stereocenters. The van der Waals surface area contributed by atoms with Crippen LogP contribution in [0.5, 0.6) is 0 Å². The number of rotatable bonds is 4. The predicted molar refractivity (Wildman–Crippen MR) is 55.2 cm³/mol. The van der Waals surface area contributed by atoms with Crippen LogP contribution in [-0.2, 0) is 0 Å². The molecule has 1 aromatic heterocycles. The first-order chi connectivity index (χ1) is 6.13. The predicted octanol–water partition coefficient (Wildman–Crippen LogP) is 2.99. The molecule has 0 spiro atoms. The standard InChI is InChI=1S/C10H13NOS/c1-4-7(2)5-10(12)9-6-13-8(3)11-9/h6H,2,4-5H2,1,3H3. The van der Waals surface area contributed by atoms with Gasteiger partial charge in [0.2, 0.25) is 0 Å². The minimum atomic E-state index is 0.0798. The number of aromatic nitrogens is 1. The van der Waals surface area contributed by atoms with Gasteiger partial charge in [-0.15, -0.1) is 11.3 Å². The first-order valence-electron chi connectivity index (χ1n) is 4.25. The summed E-state index contributed by atoms with van der Waals surface area (Å²) in [7, 11) is 0. The van der Waals surface area contributed by atoms with Crippen molar-refractivity contribution in [2.45, 2.75) is 26.7 Å². The van der Waals surface area contributed by atoms with Crippen molar-refractivity contribution < 1.29 is 4.79 Å². The van der Waals surface area contributed by atoms with Crippen LogP contribution in [0.25, 0.3) is 0 Å². The quantitative estimate of drug-likeness (QED) is 0.546. The maximum Gasteiger partial charge on any atom is 0.186 e. The lowest BCUT2D eigenvalue weighted by atomic mass is 10.1. The maximum atomic E-state index is 11.5. The van der Waals surface area contributed by atoms with Crippen molar-refractivity contribution in [1.82, 2.24) is 4.98 Å². The molecule has 0 fully saturated rings. The molecule has 3 heteroatoms. The van der Waals surface area contributed by atoms with E-state index in [-0.39, 0.29) is 5.78 Å². The molecule has 0 atom stereocenters. The second-order valence-electron chi connectivity index (χ2n) is 2.96. The lowest BCUT2D eigenvalue weighted by Crippen LogP contribution is -2.00. The normalized spacial score (nSPS) is 10.0. The Hall–Kier alpha value is -0.960. The molecule has 0 bridgehead atoms. The summed E-state index contributed by atoms with van der Waals surface area (Å²) in [5.41, 5.74) is 1.55. The SMILES string of the molecule is C=C(CC)CC(=O)c1csc(C)n1. The van der Waals surface area contributed by atoms with Crippen LogP contribution < -0.4 is 0 Å². The number of aryl methyl sites for hydroxylation is 1. The highest BCUT2D eigenvalue weighted by Gasteiger charge is 2.09. The third kappa shape index (κ3) is 2.77. The summed E-state index contributed by atoms with van der Waals surface area (Å²) in [6, 6.07) is 0. The summed E-state index contributed by atoms with van der Waals surface area (Å²) in [5.74, 6) is 0.0798. The lowest BCUT2D eigenvalue weighted by molar-refractivity contribution is 0.0988. The van der Waals surface area contributed by atoms with Crippen LogP contribution >= 0.6 is 11.3 Å². The molecule has 0 aromatic carbocycles. The van der Waals surface area contributed by atoms with E-state index in [0.29, 0.717) is 12.1 Å². The molecule has 1 heterocycles. The Labute approximate surface area is 82.3 Å². The number of carbonyl (C=O) groups excluding carboxylic acids is 1. The van der Waals surface area contributed by atoms with Gasteiger partial charge in [0, 0.05) is 11.8 Å². The zero-order chi connectivity index (χ0) is 9.84. The molecule has 0 saturated carbocycles. The Balaban J connectivity index is 2.64. The van der Waals surface area contributed by atoms with E-state index in [4.69, 9.17) is 0 Å². The molecule has 1 aromatic rings. The third-order valence-electron chi connectivity index (χ3n) is 1.82. The van der Waals surface area contributed by atoms with Gasteiger partial charge in [-0.1, -0.05) is 19.1 Å². The van der Waals surface area contributed by atoms with Crippen molar-refractivity contribution in [1.29, 1.82) is 0 Å². The van der Waals surface area contributed by atoms with Gasteiger partial charge in [-0.3, -0.25) is 4.79 Å². The molecule has 70 valence electrons. The number of carbonyl (C=O) groups is 1. The van der Waals surface area contributed by atoms with E-state index in [1.54, 1.807) is 5.38 Å². The lowest BCUT2D eigenvalue weighted by Gasteiger charge is -1.98. The van der Waals surface area contributed by atoms with E-state index in [9.17, 15) is 4.79 Å². The minimum Gasteiger partial charge on any atom is -0.292 e. The summed E-state index contributed by atoms with van der Waals surface area (Å²) in [6.07, 6.45) is 1.29. The fraction of sp³-hybridized carbons (Fsp3) is 0.400. The average molecular weight is 195 g/mol. The molecule has 0 amide bonds. The zero-order valence-electron chi connectivity index (χ0n) is 7.96. The van der Waals surface area contributed by atoms with Gasteiger partial charge >= 0.3 is 0 Å². The summed E-state index contributed by atoms with van der Waals surface area (Å²) in [5, 5.41) is 2.74. The average Bonchev–Trinajstić information content (AvgIpc) is 2.51. The highest BCUT2D eigenvalue weighted by atomic mass is 32.1. The molecular weight excluding hydrogens is 182 g/mol. The van der Waals surface area contributed by atoms with Crippen LogP contribution in [0.1, 0.15) is 35.3 Å². The molecule has 0 aliphatic rings. The van der Waals surface area contributed by atoms with Crippen LogP contribution in [-0.4, -0.2) is 10.8 Å². The first-order valence-corrected chi connectivity index (χ1v) is 5.13. The molecule has 0 radical (unpaired) electrons. The Morgan fingerprint density at radius 1 is 1.69 bits per heavy atom. The molecular formula is C10H13NOS. The fourth-order valence-electron chi connectivity index (χ4n) is 0.934. The molecule has 0 N–H and O–H groups in total. The third-order valence-corrected chi connectivity index (χ3v) is 2.59. The number of Topliss-reactive ketones (excluding diaryl/α,β-unsaturated/α-hetero) is 1. The Kier molecular flexibility index (Phi) is 3.37. The van der Waals surface area contributed by atoms with E-state index < -0.39 is 0 Å². The largest absolute Gasteiger partial charge is 0.292 e. The summed E-state index contributed by atoms with van der Waals surface area (Å²) >= 11 is 1.51. The monoisotopic (exact) mass is 195 g/mol. The Bertz CT molecular complexity index is 327. The molecule has 2 nitrogen and oxygen atoms in total. The number of nitrogens with zero attached hydrogens (tertiary/aromatic N) is 1. The summed E-state index contributed by atoms with van der Waals surface area (Å²) in [6.45, 7) is 7.70. The highest BCUT2D eigenvalue weighted by Crippen LogP contribution is 2.13. The number of hydrogen-bond donors (Lipinski definition) is 0. The van der Waals surface area contributed by atoms with Crippen molar-refractivity contribution in [3.8, 4) is 0 Å². The van der Waals surface area contributed by atoms with Crippen LogP contribution in [0.15, 0.2) is 17.5 Å². The molecule has 13 heavy (non-hydrogen) atoms. The van der Waals surface area contributed by atoms with Crippen molar-refractivity contribution in [2.24, 2.45) is 0 Å². The maximum absolute atomic E-state index is 11.5. The molecule has 1 rings (SSSR count). The number of ketones is 1. The van der Waals surface area contributed by atoms with E-state index in [1.165, 1.54) is 11.3 Å². The number of thiazole rings is 1. The van der Waals surface area contributed by atoms with Crippen molar-refractivity contribution in [3.63, 3.8) is 0 Å². The van der Waals surface area contributed by atoms with Gasteiger partial charge in [0.25, 0.3) is 0 Å². The Morgan fingerprint density at radius 3 is 2.85 bits per heavy atom. The van der Waals surface area contributed by atoms with Gasteiger partial charge in [-0.2, -0.15) is 0 Å². The van der Waals surface area contributed by atoms with Gasteiger partial charge in [0.1, 0.15) is 5.69 Å². The van der Waals surface area contributed by atoms with Crippen molar-refractivity contribution >= 4 is 17.1 Å². The molecule has 0 aliphatic heterocycles. The van der Waals surface area contributed by atoms with E-state index in [2.05, 4.69) is 11.6 Å². The van der Waals surface area contributed by atoms with Gasteiger partial charge < -0.3 is 0 Å². The van der Waals surface area contributed by atoms with Crippen LogP contribution in [0.4, 0.5) is 0 Å². The van der Waals surface area contributed by atoms with Crippen LogP contribution in [0.3, 0.4) is 0 Å². The van der Waals surface area contributed by atoms with E-state index in [0.717, 1.165) is 17.0 Å². The van der Waals surface area contributed by atoms with E-state index >= 15 is 0 Å². The van der Waals surface area contributed by atoms with E-state index in [1.807, 2.05) is 13.8 Å². The van der Waals surface area contributed by atoms with Gasteiger partial charge in [0.15, 0.2) is 5.78 Å². The topological polar surface area (TPSA) is 30.0 Å². The van der Waals surface area contributed by atoms with Gasteiger partial charge in [-0.05, 0) is 13.3 Å². The van der Waals surface area contributed by atoms with Crippen LogP contribution in [0, 0.1) is 6.92 Å². The zero-order valence-corrected chi connectivity index (χ0v) is 8.78. The molecule has 0 saturated heterocycles.